The molecule has 122 valence electrons. The minimum atomic E-state index is 0.126. The fourth-order valence-electron chi connectivity index (χ4n) is 2.32. The Kier molecular flexibility index (Phi) is 7.37. The minimum absolute atomic E-state index is 0.126. The molecule has 0 saturated heterocycles. The van der Waals surface area contributed by atoms with Crippen LogP contribution in [0.4, 0.5) is 0 Å². The summed E-state index contributed by atoms with van der Waals surface area (Å²) < 4.78 is 0. The van der Waals surface area contributed by atoms with Crippen LogP contribution < -0.4 is 0 Å². The summed E-state index contributed by atoms with van der Waals surface area (Å²) in [5.41, 5.74) is 6.19. The molecule has 2 aromatic rings. The van der Waals surface area contributed by atoms with E-state index in [0.29, 0.717) is 0 Å². The van der Waals surface area contributed by atoms with Crippen molar-refractivity contribution in [3.8, 4) is 0 Å². The van der Waals surface area contributed by atoms with Gasteiger partial charge in [0.05, 0.1) is 0 Å². The highest BCUT2D eigenvalue weighted by Gasteiger charge is 2.01. The second kappa shape index (κ2) is 8.78. The summed E-state index contributed by atoms with van der Waals surface area (Å²) in [6, 6.07) is 11.8. The van der Waals surface area contributed by atoms with Gasteiger partial charge in [-0.25, -0.2) is 0 Å². The Morgan fingerprint density at radius 3 is 1.52 bits per heavy atom. The van der Waals surface area contributed by atoms with E-state index in [1.54, 1.807) is 13.8 Å². The summed E-state index contributed by atoms with van der Waals surface area (Å²) in [5, 5.41) is 0.801. The first-order valence-corrected chi connectivity index (χ1v) is 8.61. The van der Waals surface area contributed by atoms with E-state index in [9.17, 15) is 9.59 Å². The third kappa shape index (κ3) is 6.49. The lowest BCUT2D eigenvalue weighted by Gasteiger charge is -2.01. The molecule has 2 rings (SSSR count). The van der Waals surface area contributed by atoms with Crippen LogP contribution in [0.2, 0.25) is 0 Å². The lowest BCUT2D eigenvalue weighted by atomic mass is 10.1. The Bertz CT molecular complexity index is 697. The average Bonchev–Trinajstić information content (AvgIpc) is 2.46. The first-order valence-electron chi connectivity index (χ1n) is 7.49. The molecule has 0 heterocycles. The largest absolute Gasteiger partial charge is 0.295 e. The van der Waals surface area contributed by atoms with Crippen molar-refractivity contribution in [3.63, 3.8) is 0 Å². The second-order valence-electron chi connectivity index (χ2n) is 5.83. The van der Waals surface area contributed by atoms with Gasteiger partial charge in [-0.2, -0.15) is 0 Å². The molecule has 0 unspecified atom stereocenters. The van der Waals surface area contributed by atoms with E-state index in [1.807, 2.05) is 45.0 Å². The zero-order valence-corrected chi connectivity index (χ0v) is 16.0. The molecule has 0 amide bonds. The first kappa shape index (κ1) is 19.3. The molecule has 0 N–H and O–H groups in total. The van der Waals surface area contributed by atoms with E-state index >= 15 is 0 Å². The summed E-state index contributed by atoms with van der Waals surface area (Å²) in [5.74, 6) is 0.262. The highest BCUT2D eigenvalue weighted by Crippen LogP contribution is 2.13. The van der Waals surface area contributed by atoms with Gasteiger partial charge in [-0.05, 0) is 64.4 Å². The number of hydrogen-bond donors (Lipinski definition) is 0. The Balaban J connectivity index is 0.000000231. The normalized spacial score (nSPS) is 9.83. The molecule has 0 atom stereocenters. The fraction of sp³-hybridized carbons (Fsp3) is 0.300. The number of aryl methyl sites for hydroxylation is 3. The zero-order valence-electron chi connectivity index (χ0n) is 14.4. The first-order chi connectivity index (χ1) is 10.7. The van der Waals surface area contributed by atoms with Gasteiger partial charge in [0.2, 0.25) is 0 Å². The van der Waals surface area contributed by atoms with Crippen LogP contribution in [0.25, 0.3) is 0 Å². The maximum absolute atomic E-state index is 11.1. The lowest BCUT2D eigenvalue weighted by Crippen LogP contribution is -1.94. The molecule has 0 aliphatic heterocycles. The predicted molar refractivity (Wildman–Crippen MR) is 99.7 cm³/mol. The second-order valence-corrected chi connectivity index (χ2v) is 6.39. The summed E-state index contributed by atoms with van der Waals surface area (Å²) in [6.45, 7) is 9.18. The molecule has 0 aromatic heterocycles. The number of alkyl halides is 1. The van der Waals surface area contributed by atoms with Crippen molar-refractivity contribution in [1.29, 1.82) is 0 Å². The van der Waals surface area contributed by atoms with Crippen LogP contribution in [0.1, 0.15) is 56.8 Å². The average molecular weight is 375 g/mol. The van der Waals surface area contributed by atoms with Crippen molar-refractivity contribution in [2.24, 2.45) is 0 Å². The van der Waals surface area contributed by atoms with E-state index in [4.69, 9.17) is 0 Å². The van der Waals surface area contributed by atoms with Gasteiger partial charge in [0.25, 0.3) is 0 Å². The molecule has 0 radical (unpaired) electrons. The van der Waals surface area contributed by atoms with Crippen molar-refractivity contribution >= 4 is 27.5 Å². The van der Waals surface area contributed by atoms with Crippen molar-refractivity contribution in [1.82, 2.24) is 0 Å². The van der Waals surface area contributed by atoms with Gasteiger partial charge < -0.3 is 0 Å². The third-order valence-corrected chi connectivity index (χ3v) is 3.97. The SMILES string of the molecule is CC(=O)c1cc(C)cc(C)c1.CC(=O)c1cc(C)cc(CBr)c1. The number of carbonyl (C=O) groups is 2. The van der Waals surface area contributed by atoms with Crippen LogP contribution in [0.5, 0.6) is 0 Å². The molecule has 2 nitrogen and oxygen atoms in total. The molecule has 0 fully saturated rings. The number of rotatable bonds is 3. The maximum Gasteiger partial charge on any atom is 0.159 e. The fourth-order valence-corrected chi connectivity index (χ4v) is 2.64. The summed E-state index contributed by atoms with van der Waals surface area (Å²) >= 11 is 3.36. The monoisotopic (exact) mass is 374 g/mol. The van der Waals surface area contributed by atoms with Crippen LogP contribution in [0, 0.1) is 20.8 Å². The number of hydrogen-bond acceptors (Lipinski definition) is 2. The molecule has 0 bridgehead atoms. The van der Waals surface area contributed by atoms with E-state index in [-0.39, 0.29) is 11.6 Å². The number of carbonyl (C=O) groups excluding carboxylic acids is 2. The molecule has 23 heavy (non-hydrogen) atoms. The molecular weight excluding hydrogens is 352 g/mol. The molecule has 0 aliphatic carbocycles. The Morgan fingerprint density at radius 2 is 1.13 bits per heavy atom. The van der Waals surface area contributed by atoms with E-state index in [0.717, 1.165) is 38.7 Å². The topological polar surface area (TPSA) is 34.1 Å². The smallest absolute Gasteiger partial charge is 0.159 e. The third-order valence-electron chi connectivity index (χ3n) is 3.33. The van der Waals surface area contributed by atoms with Gasteiger partial charge in [0.1, 0.15) is 0 Å². The Morgan fingerprint density at radius 1 is 0.739 bits per heavy atom. The highest BCUT2D eigenvalue weighted by atomic mass is 79.9. The Labute approximate surface area is 147 Å². The van der Waals surface area contributed by atoms with Crippen LogP contribution in [0.3, 0.4) is 0 Å². The minimum Gasteiger partial charge on any atom is -0.295 e. The van der Waals surface area contributed by atoms with Crippen LogP contribution in [0.15, 0.2) is 36.4 Å². The van der Waals surface area contributed by atoms with Gasteiger partial charge in [0, 0.05) is 16.5 Å². The number of Topliss-reactive ketones (excluding diaryl/α,β-unsaturated/α-hetero) is 2. The predicted octanol–water partition coefficient (Wildman–Crippen LogP) is 5.60. The van der Waals surface area contributed by atoms with Gasteiger partial charge in [-0.15, -0.1) is 0 Å². The number of benzene rings is 2. The van der Waals surface area contributed by atoms with Crippen molar-refractivity contribution < 1.29 is 9.59 Å². The van der Waals surface area contributed by atoms with E-state index < -0.39 is 0 Å². The van der Waals surface area contributed by atoms with Crippen molar-refractivity contribution in [2.45, 2.75) is 39.9 Å². The molecule has 0 spiro atoms. The van der Waals surface area contributed by atoms with Gasteiger partial charge in [-0.1, -0.05) is 44.8 Å². The molecule has 2 aromatic carbocycles. The summed E-state index contributed by atoms with van der Waals surface area (Å²) in [4.78, 5) is 22.0. The molecule has 3 heteroatoms. The summed E-state index contributed by atoms with van der Waals surface area (Å²) in [7, 11) is 0. The summed E-state index contributed by atoms with van der Waals surface area (Å²) in [6.07, 6.45) is 0. The van der Waals surface area contributed by atoms with Gasteiger partial charge >= 0.3 is 0 Å². The zero-order chi connectivity index (χ0) is 17.6. The van der Waals surface area contributed by atoms with Gasteiger partial charge in [-0.3, -0.25) is 9.59 Å². The standard InChI is InChI=1S/C10H11BrO.C10H12O/c1-7-3-9(6-11)5-10(4-7)8(2)12;1-7-4-8(2)6-10(5-7)9(3)11/h3-5H,6H2,1-2H3;4-6H,1-3H3. The molecule has 0 aliphatic rings. The van der Waals surface area contributed by atoms with Crippen molar-refractivity contribution in [3.05, 3.63) is 69.8 Å². The molecule has 0 saturated carbocycles. The van der Waals surface area contributed by atoms with Crippen molar-refractivity contribution in [2.75, 3.05) is 0 Å². The highest BCUT2D eigenvalue weighted by molar-refractivity contribution is 9.08. The van der Waals surface area contributed by atoms with Gasteiger partial charge in [0.15, 0.2) is 11.6 Å². The number of halogens is 1. The van der Waals surface area contributed by atoms with Crippen LogP contribution in [-0.4, -0.2) is 11.6 Å². The Hall–Kier alpha value is -1.74. The van der Waals surface area contributed by atoms with Crippen LogP contribution in [-0.2, 0) is 5.33 Å². The van der Waals surface area contributed by atoms with E-state index in [1.165, 1.54) is 0 Å². The van der Waals surface area contributed by atoms with E-state index in [2.05, 4.69) is 28.1 Å². The quantitative estimate of drug-likeness (QED) is 0.517. The molecular formula is C20H23BrO2. The van der Waals surface area contributed by atoms with Crippen LogP contribution >= 0.6 is 15.9 Å². The lowest BCUT2D eigenvalue weighted by molar-refractivity contribution is 0.100. The number of ketones is 2. The maximum atomic E-state index is 11.1.